The Morgan fingerprint density at radius 2 is 2.06 bits per heavy atom. The van der Waals surface area contributed by atoms with E-state index < -0.39 is 5.24 Å². The number of halogens is 1. The Kier molecular flexibility index (Phi) is 2.68. The fourth-order valence-electron chi connectivity index (χ4n) is 1.70. The van der Waals surface area contributed by atoms with Crippen LogP contribution < -0.4 is 0 Å². The molecule has 0 aliphatic rings. The van der Waals surface area contributed by atoms with Gasteiger partial charge in [-0.05, 0) is 30.7 Å². The lowest BCUT2D eigenvalue weighted by Gasteiger charge is -2.07. The smallest absolute Gasteiger partial charge is 0.256 e. The molecular weight excluding hydrogens is 226 g/mol. The van der Waals surface area contributed by atoms with Crippen LogP contribution in [0, 0.1) is 6.92 Å². The van der Waals surface area contributed by atoms with Crippen molar-refractivity contribution in [3.8, 4) is 0 Å². The third kappa shape index (κ3) is 1.59. The normalized spacial score (nSPS) is 11.3. The largest absolute Gasteiger partial charge is 0.283 e. The van der Waals surface area contributed by atoms with Crippen molar-refractivity contribution in [2.45, 2.75) is 26.7 Å². The van der Waals surface area contributed by atoms with Crippen LogP contribution >= 0.6 is 11.6 Å². The molecular formula is C11H12ClN3O. The zero-order chi connectivity index (χ0) is 11.9. The second-order valence-corrected chi connectivity index (χ2v) is 4.38. The number of rotatable bonds is 2. The van der Waals surface area contributed by atoms with Crippen LogP contribution in [0.2, 0.25) is 0 Å². The molecule has 0 aliphatic carbocycles. The molecule has 0 atom stereocenters. The number of hydrogen-bond donors (Lipinski definition) is 0. The van der Waals surface area contributed by atoms with Crippen molar-refractivity contribution in [3.05, 3.63) is 29.2 Å². The van der Waals surface area contributed by atoms with Gasteiger partial charge in [0, 0.05) is 11.6 Å². The molecule has 0 radical (unpaired) electrons. The number of carbonyl (C=O) groups is 1. The standard InChI is InChI=1S/C11H12ClN3O/c1-6(2)10-13-14-11-8(9(12)16)5-4-7(3)15(10)11/h4-6H,1-3H3. The summed E-state index contributed by atoms with van der Waals surface area (Å²) in [7, 11) is 0. The molecule has 2 aromatic heterocycles. The van der Waals surface area contributed by atoms with Gasteiger partial charge in [-0.3, -0.25) is 9.20 Å². The second-order valence-electron chi connectivity index (χ2n) is 4.03. The Morgan fingerprint density at radius 1 is 1.38 bits per heavy atom. The van der Waals surface area contributed by atoms with E-state index in [2.05, 4.69) is 10.2 Å². The molecule has 5 heteroatoms. The van der Waals surface area contributed by atoms with Crippen molar-refractivity contribution in [1.82, 2.24) is 14.6 Å². The summed E-state index contributed by atoms with van der Waals surface area (Å²) in [5, 5.41) is 7.62. The van der Waals surface area contributed by atoms with E-state index in [-0.39, 0.29) is 5.92 Å². The molecule has 2 aromatic rings. The quantitative estimate of drug-likeness (QED) is 0.754. The Balaban J connectivity index is 2.83. The van der Waals surface area contributed by atoms with Gasteiger partial charge in [0.25, 0.3) is 5.24 Å². The summed E-state index contributed by atoms with van der Waals surface area (Å²) in [6, 6.07) is 3.52. The van der Waals surface area contributed by atoms with Gasteiger partial charge in [-0.25, -0.2) is 0 Å². The van der Waals surface area contributed by atoms with Crippen LogP contribution in [0.5, 0.6) is 0 Å². The lowest BCUT2D eigenvalue weighted by molar-refractivity contribution is 0.108. The van der Waals surface area contributed by atoms with E-state index in [0.29, 0.717) is 11.2 Å². The zero-order valence-electron chi connectivity index (χ0n) is 9.36. The first-order chi connectivity index (χ1) is 7.52. The monoisotopic (exact) mass is 237 g/mol. The van der Waals surface area contributed by atoms with Gasteiger partial charge < -0.3 is 0 Å². The van der Waals surface area contributed by atoms with Gasteiger partial charge in [-0.15, -0.1) is 10.2 Å². The van der Waals surface area contributed by atoms with E-state index in [9.17, 15) is 4.79 Å². The highest BCUT2D eigenvalue weighted by molar-refractivity contribution is 6.68. The van der Waals surface area contributed by atoms with Crippen LogP contribution in [-0.4, -0.2) is 19.8 Å². The van der Waals surface area contributed by atoms with Crippen LogP contribution in [0.25, 0.3) is 5.65 Å². The van der Waals surface area contributed by atoms with E-state index in [1.165, 1.54) is 0 Å². The van der Waals surface area contributed by atoms with Crippen molar-refractivity contribution >= 4 is 22.5 Å². The van der Waals surface area contributed by atoms with Crippen molar-refractivity contribution < 1.29 is 4.79 Å². The lowest BCUT2D eigenvalue weighted by atomic mass is 10.2. The molecule has 0 aromatic carbocycles. The minimum absolute atomic E-state index is 0.245. The summed E-state index contributed by atoms with van der Waals surface area (Å²) in [4.78, 5) is 11.2. The van der Waals surface area contributed by atoms with Gasteiger partial charge in [-0.2, -0.15) is 0 Å². The molecule has 0 unspecified atom stereocenters. The summed E-state index contributed by atoms with van der Waals surface area (Å²) in [5.74, 6) is 1.08. The number of fused-ring (bicyclic) bond motifs is 1. The van der Waals surface area contributed by atoms with Gasteiger partial charge in [0.05, 0.1) is 5.56 Å². The predicted octanol–water partition coefficient (Wildman–Crippen LogP) is 2.54. The SMILES string of the molecule is Cc1ccc(C(=O)Cl)c2nnc(C(C)C)n12. The summed E-state index contributed by atoms with van der Waals surface area (Å²) >= 11 is 5.50. The molecule has 0 fully saturated rings. The molecule has 0 saturated heterocycles. The highest BCUT2D eigenvalue weighted by atomic mass is 35.5. The summed E-state index contributed by atoms with van der Waals surface area (Å²) in [5.41, 5.74) is 1.92. The summed E-state index contributed by atoms with van der Waals surface area (Å²) < 4.78 is 1.88. The van der Waals surface area contributed by atoms with Gasteiger partial charge in [0.15, 0.2) is 5.65 Å². The van der Waals surface area contributed by atoms with E-state index in [1.807, 2.05) is 31.2 Å². The van der Waals surface area contributed by atoms with Crippen LogP contribution in [0.15, 0.2) is 12.1 Å². The van der Waals surface area contributed by atoms with Gasteiger partial charge in [0.1, 0.15) is 5.82 Å². The molecule has 0 aliphatic heterocycles. The highest BCUT2D eigenvalue weighted by Gasteiger charge is 2.16. The van der Waals surface area contributed by atoms with Crippen LogP contribution in [0.3, 0.4) is 0 Å². The molecule has 0 N–H and O–H groups in total. The molecule has 0 spiro atoms. The number of aromatic nitrogens is 3. The Hall–Kier alpha value is -1.42. The Labute approximate surface area is 98.2 Å². The van der Waals surface area contributed by atoms with Crippen molar-refractivity contribution in [2.75, 3.05) is 0 Å². The van der Waals surface area contributed by atoms with Crippen LogP contribution in [0.1, 0.15) is 41.6 Å². The van der Waals surface area contributed by atoms with Crippen LogP contribution in [0.4, 0.5) is 0 Å². The first-order valence-corrected chi connectivity index (χ1v) is 5.44. The number of aryl methyl sites for hydroxylation is 1. The summed E-state index contributed by atoms with van der Waals surface area (Å²) in [6.45, 7) is 6.01. The third-order valence-electron chi connectivity index (χ3n) is 2.50. The summed E-state index contributed by atoms with van der Waals surface area (Å²) in [6.07, 6.45) is 0. The van der Waals surface area contributed by atoms with E-state index in [1.54, 1.807) is 6.07 Å². The van der Waals surface area contributed by atoms with E-state index in [0.717, 1.165) is 11.5 Å². The Bertz CT molecular complexity index is 560. The number of hydrogen-bond acceptors (Lipinski definition) is 3. The molecule has 0 amide bonds. The number of pyridine rings is 1. The number of carbonyl (C=O) groups excluding carboxylic acids is 1. The second kappa shape index (κ2) is 3.87. The fraction of sp³-hybridized carbons (Fsp3) is 0.364. The van der Waals surface area contributed by atoms with Crippen molar-refractivity contribution in [3.63, 3.8) is 0 Å². The van der Waals surface area contributed by atoms with Gasteiger partial charge in [0.2, 0.25) is 0 Å². The maximum Gasteiger partial charge on any atom is 0.256 e. The van der Waals surface area contributed by atoms with Gasteiger partial charge in [-0.1, -0.05) is 13.8 Å². The first-order valence-electron chi connectivity index (χ1n) is 5.07. The van der Waals surface area contributed by atoms with Crippen molar-refractivity contribution in [2.24, 2.45) is 0 Å². The third-order valence-corrected chi connectivity index (χ3v) is 2.70. The fourth-order valence-corrected chi connectivity index (χ4v) is 1.85. The molecule has 2 rings (SSSR count). The van der Waals surface area contributed by atoms with Crippen LogP contribution in [-0.2, 0) is 0 Å². The molecule has 0 bridgehead atoms. The highest BCUT2D eigenvalue weighted by Crippen LogP contribution is 2.19. The van der Waals surface area contributed by atoms with E-state index >= 15 is 0 Å². The molecule has 0 saturated carbocycles. The topological polar surface area (TPSA) is 47.3 Å². The lowest BCUT2D eigenvalue weighted by Crippen LogP contribution is -2.03. The first kappa shape index (κ1) is 11.1. The average molecular weight is 238 g/mol. The number of nitrogens with zero attached hydrogens (tertiary/aromatic N) is 3. The predicted molar refractivity (Wildman–Crippen MR) is 62.0 cm³/mol. The minimum atomic E-state index is -0.507. The van der Waals surface area contributed by atoms with Crippen molar-refractivity contribution in [1.29, 1.82) is 0 Å². The van der Waals surface area contributed by atoms with E-state index in [4.69, 9.17) is 11.6 Å². The van der Waals surface area contributed by atoms with Gasteiger partial charge >= 0.3 is 0 Å². The minimum Gasteiger partial charge on any atom is -0.283 e. The maximum absolute atomic E-state index is 11.2. The maximum atomic E-state index is 11.2. The molecule has 4 nitrogen and oxygen atoms in total. The molecule has 84 valence electrons. The molecule has 2 heterocycles. The average Bonchev–Trinajstić information content (AvgIpc) is 2.62. The Morgan fingerprint density at radius 3 is 2.62 bits per heavy atom. The molecule has 16 heavy (non-hydrogen) atoms. The zero-order valence-corrected chi connectivity index (χ0v) is 10.1.